The first-order valence-electron chi connectivity index (χ1n) is 10.0. The summed E-state index contributed by atoms with van der Waals surface area (Å²) in [6, 6.07) is 8.22. The van der Waals surface area contributed by atoms with Crippen LogP contribution in [0.15, 0.2) is 48.1 Å². The van der Waals surface area contributed by atoms with Crippen LogP contribution in [-0.2, 0) is 0 Å². The Morgan fingerprint density at radius 1 is 1.14 bits per heavy atom. The predicted molar refractivity (Wildman–Crippen MR) is 107 cm³/mol. The molecule has 2 aliphatic heterocycles. The molecular weight excluding hydrogens is 368 g/mol. The SMILES string of the molecule is COc1ccc(-n2cc(C3=NNC4C5CCCCC5n5cncc5N34)nn2)cc1. The maximum absolute atomic E-state index is 5.23. The van der Waals surface area contributed by atoms with Crippen molar-refractivity contribution in [1.29, 1.82) is 0 Å². The number of rotatable bonds is 3. The topological polar surface area (TPSA) is 85.4 Å². The van der Waals surface area contributed by atoms with E-state index in [4.69, 9.17) is 4.74 Å². The summed E-state index contributed by atoms with van der Waals surface area (Å²) in [5.41, 5.74) is 5.03. The number of aromatic nitrogens is 5. The summed E-state index contributed by atoms with van der Waals surface area (Å²) in [5.74, 6) is 3.18. The molecule has 3 atom stereocenters. The number of methoxy groups -OCH3 is 1. The third kappa shape index (κ3) is 2.46. The van der Waals surface area contributed by atoms with Gasteiger partial charge in [0.1, 0.15) is 17.7 Å². The van der Waals surface area contributed by atoms with E-state index in [1.54, 1.807) is 11.8 Å². The van der Waals surface area contributed by atoms with Gasteiger partial charge in [-0.15, -0.1) is 5.10 Å². The Hall–Kier alpha value is -3.36. The number of benzene rings is 1. The Balaban J connectivity index is 1.35. The number of hydrogen-bond donors (Lipinski definition) is 1. The molecule has 0 bridgehead atoms. The van der Waals surface area contributed by atoms with Crippen LogP contribution >= 0.6 is 0 Å². The second-order valence-corrected chi connectivity index (χ2v) is 7.80. The molecule has 1 saturated carbocycles. The van der Waals surface area contributed by atoms with E-state index in [0.29, 0.717) is 12.0 Å². The molecule has 9 heteroatoms. The van der Waals surface area contributed by atoms with Crippen LogP contribution in [0.2, 0.25) is 0 Å². The zero-order valence-electron chi connectivity index (χ0n) is 16.1. The molecule has 3 aliphatic rings. The number of hydrogen-bond acceptors (Lipinski definition) is 7. The highest BCUT2D eigenvalue weighted by molar-refractivity contribution is 6.09. The maximum Gasteiger partial charge on any atom is 0.185 e. The van der Waals surface area contributed by atoms with Crippen molar-refractivity contribution >= 4 is 11.7 Å². The minimum Gasteiger partial charge on any atom is -0.497 e. The van der Waals surface area contributed by atoms with Crippen LogP contribution in [0, 0.1) is 5.92 Å². The lowest BCUT2D eigenvalue weighted by Gasteiger charge is -2.45. The molecule has 148 valence electrons. The van der Waals surface area contributed by atoms with Gasteiger partial charge < -0.3 is 9.30 Å². The van der Waals surface area contributed by atoms with Gasteiger partial charge in [-0.05, 0) is 37.1 Å². The van der Waals surface area contributed by atoms with Gasteiger partial charge in [0, 0.05) is 12.0 Å². The summed E-state index contributed by atoms with van der Waals surface area (Å²) < 4.78 is 9.31. The molecule has 9 nitrogen and oxygen atoms in total. The molecule has 0 amide bonds. The Morgan fingerprint density at radius 2 is 2.00 bits per heavy atom. The van der Waals surface area contributed by atoms with E-state index in [-0.39, 0.29) is 6.17 Å². The van der Waals surface area contributed by atoms with Crippen LogP contribution in [0.25, 0.3) is 5.69 Å². The second-order valence-electron chi connectivity index (χ2n) is 7.80. The Kier molecular flexibility index (Phi) is 3.62. The lowest BCUT2D eigenvalue weighted by atomic mass is 9.80. The molecular formula is C20H22N8O. The van der Waals surface area contributed by atoms with Gasteiger partial charge in [0.2, 0.25) is 0 Å². The summed E-state index contributed by atoms with van der Waals surface area (Å²) in [6.07, 6.45) is 10.9. The molecule has 2 aromatic heterocycles. The minimum atomic E-state index is 0.144. The van der Waals surface area contributed by atoms with Gasteiger partial charge in [-0.1, -0.05) is 18.1 Å². The van der Waals surface area contributed by atoms with Gasteiger partial charge in [-0.3, -0.25) is 10.3 Å². The number of nitrogens with zero attached hydrogens (tertiary/aromatic N) is 7. The summed E-state index contributed by atoms with van der Waals surface area (Å²) >= 11 is 0. The summed E-state index contributed by atoms with van der Waals surface area (Å²) in [6.45, 7) is 0. The zero-order valence-corrected chi connectivity index (χ0v) is 16.1. The van der Waals surface area contributed by atoms with Crippen molar-refractivity contribution in [2.45, 2.75) is 37.9 Å². The van der Waals surface area contributed by atoms with Crippen LogP contribution in [0.1, 0.15) is 37.4 Å². The van der Waals surface area contributed by atoms with Crippen LogP contribution in [-0.4, -0.2) is 43.7 Å². The smallest absolute Gasteiger partial charge is 0.185 e. The van der Waals surface area contributed by atoms with E-state index in [2.05, 4.69) is 35.3 Å². The van der Waals surface area contributed by atoms with Crippen LogP contribution in [0.3, 0.4) is 0 Å². The van der Waals surface area contributed by atoms with E-state index < -0.39 is 0 Å². The van der Waals surface area contributed by atoms with Gasteiger partial charge in [-0.2, -0.15) is 5.10 Å². The molecule has 0 saturated heterocycles. The molecule has 3 unspecified atom stereocenters. The minimum absolute atomic E-state index is 0.144. The van der Waals surface area contributed by atoms with Crippen molar-refractivity contribution in [2.75, 3.05) is 12.0 Å². The number of hydrazone groups is 1. The average molecular weight is 390 g/mol. The fraction of sp³-hybridized carbons (Fsp3) is 0.400. The van der Waals surface area contributed by atoms with Gasteiger partial charge >= 0.3 is 0 Å². The number of nitrogens with one attached hydrogen (secondary N) is 1. The van der Waals surface area contributed by atoms with E-state index >= 15 is 0 Å². The van der Waals surface area contributed by atoms with Crippen LogP contribution < -0.4 is 15.1 Å². The Morgan fingerprint density at radius 3 is 2.86 bits per heavy atom. The predicted octanol–water partition coefficient (Wildman–Crippen LogP) is 2.31. The molecule has 4 heterocycles. The second kappa shape index (κ2) is 6.33. The van der Waals surface area contributed by atoms with E-state index in [9.17, 15) is 0 Å². The van der Waals surface area contributed by atoms with Crippen molar-refractivity contribution in [1.82, 2.24) is 30.0 Å². The largest absolute Gasteiger partial charge is 0.497 e. The quantitative estimate of drug-likeness (QED) is 0.739. The molecule has 1 aromatic carbocycles. The molecule has 1 aliphatic carbocycles. The van der Waals surface area contributed by atoms with Gasteiger partial charge in [0.15, 0.2) is 11.5 Å². The van der Waals surface area contributed by atoms with Crippen molar-refractivity contribution in [3.05, 3.63) is 48.7 Å². The van der Waals surface area contributed by atoms with E-state index in [1.807, 2.05) is 43.0 Å². The zero-order chi connectivity index (χ0) is 19.4. The highest BCUT2D eigenvalue weighted by Gasteiger charge is 2.47. The van der Waals surface area contributed by atoms with Gasteiger partial charge in [-0.25, -0.2) is 9.67 Å². The first-order chi connectivity index (χ1) is 14.3. The highest BCUT2D eigenvalue weighted by Crippen LogP contribution is 2.45. The monoisotopic (exact) mass is 390 g/mol. The normalized spacial score (nSPS) is 24.9. The first-order valence-corrected chi connectivity index (χ1v) is 10.0. The number of imidazole rings is 1. The lowest BCUT2D eigenvalue weighted by molar-refractivity contribution is 0.176. The maximum atomic E-state index is 5.23. The fourth-order valence-corrected chi connectivity index (χ4v) is 4.91. The molecule has 1 N–H and O–H groups in total. The third-order valence-corrected chi connectivity index (χ3v) is 6.31. The first kappa shape index (κ1) is 16.6. The van der Waals surface area contributed by atoms with Crippen LogP contribution in [0.5, 0.6) is 5.75 Å². The van der Waals surface area contributed by atoms with Gasteiger partial charge in [0.05, 0.1) is 31.5 Å². The number of ether oxygens (including phenoxy) is 1. The van der Waals surface area contributed by atoms with Gasteiger partial charge in [0.25, 0.3) is 0 Å². The number of amidine groups is 1. The van der Waals surface area contributed by atoms with Crippen molar-refractivity contribution < 1.29 is 4.74 Å². The number of fused-ring (bicyclic) bond motifs is 6. The highest BCUT2D eigenvalue weighted by atomic mass is 16.5. The van der Waals surface area contributed by atoms with E-state index in [0.717, 1.165) is 28.8 Å². The van der Waals surface area contributed by atoms with Crippen LogP contribution in [0.4, 0.5) is 5.82 Å². The fourth-order valence-electron chi connectivity index (χ4n) is 4.91. The molecule has 3 aromatic rings. The molecule has 0 radical (unpaired) electrons. The summed E-state index contributed by atoms with van der Waals surface area (Å²) in [5, 5.41) is 13.4. The molecule has 0 spiro atoms. The molecule has 6 rings (SSSR count). The third-order valence-electron chi connectivity index (χ3n) is 6.31. The van der Waals surface area contributed by atoms with Crippen molar-refractivity contribution in [2.24, 2.45) is 11.0 Å². The average Bonchev–Trinajstić information content (AvgIpc) is 3.52. The Labute approximate surface area is 168 Å². The number of anilines is 1. The van der Waals surface area contributed by atoms with Crippen molar-refractivity contribution in [3.63, 3.8) is 0 Å². The summed E-state index contributed by atoms with van der Waals surface area (Å²) in [7, 11) is 1.66. The van der Waals surface area contributed by atoms with Crippen molar-refractivity contribution in [3.8, 4) is 11.4 Å². The lowest BCUT2D eigenvalue weighted by Crippen LogP contribution is -2.53. The van der Waals surface area contributed by atoms with E-state index in [1.165, 1.54) is 25.7 Å². The standard InChI is InChI=1S/C20H22N8O/c1-29-14-8-6-13(7-9-14)27-11-16(22-25-27)20-24-23-19-15-4-2-3-5-17(15)26-12-21-10-18(26)28(19)20/h6-12,15,17,19,23H,2-5H2,1H3. The Bertz CT molecular complexity index is 1070. The molecule has 29 heavy (non-hydrogen) atoms. The summed E-state index contributed by atoms with van der Waals surface area (Å²) in [4.78, 5) is 6.68. The molecule has 1 fully saturated rings.